The van der Waals surface area contributed by atoms with Gasteiger partial charge < -0.3 is 33.7 Å². The van der Waals surface area contributed by atoms with E-state index >= 15 is 4.39 Å². The fourth-order valence-corrected chi connectivity index (χ4v) is 7.06. The summed E-state index contributed by atoms with van der Waals surface area (Å²) in [5.41, 5.74) is -5.23. The third-order valence-corrected chi connectivity index (χ3v) is 10.4. The van der Waals surface area contributed by atoms with Gasteiger partial charge in [-0.1, -0.05) is 66.9 Å². The van der Waals surface area contributed by atoms with Gasteiger partial charge in [0.1, 0.15) is 19.3 Å². The maximum atomic E-state index is 16.3. The lowest BCUT2D eigenvalue weighted by atomic mass is 9.64. The zero-order valence-corrected chi connectivity index (χ0v) is 26.9. The lowest BCUT2D eigenvalue weighted by Crippen LogP contribution is -2.65. The van der Waals surface area contributed by atoms with Crippen LogP contribution in [-0.4, -0.2) is 73.7 Å². The smallest absolute Gasteiger partial charge is 0.459 e. The van der Waals surface area contributed by atoms with Gasteiger partial charge in [-0.2, -0.15) is 0 Å². The lowest BCUT2D eigenvalue weighted by Gasteiger charge is -2.42. The van der Waals surface area contributed by atoms with Crippen molar-refractivity contribution in [3.8, 4) is 0 Å². The van der Waals surface area contributed by atoms with Crippen molar-refractivity contribution in [2.75, 3.05) is 19.8 Å². The van der Waals surface area contributed by atoms with Gasteiger partial charge in [-0.25, -0.2) is 23.6 Å². The number of alkyl carbamates (subject to hydrolysis) is 1. The van der Waals surface area contributed by atoms with E-state index in [4.69, 9.17) is 28.4 Å². The Morgan fingerprint density at radius 2 is 1.61 bits per heavy atom. The van der Waals surface area contributed by atoms with Crippen molar-refractivity contribution in [3.05, 3.63) is 25.3 Å². The molecular weight excluding hydrogens is 577 g/mol. The van der Waals surface area contributed by atoms with Gasteiger partial charge in [-0.15, -0.1) is 0 Å². The minimum atomic E-state index is -2.61. The Morgan fingerprint density at radius 3 is 2.20 bits per heavy atom. The topological polar surface area (TPSA) is 136 Å². The monoisotopic (exact) mass is 625 g/mol. The van der Waals surface area contributed by atoms with Crippen LogP contribution in [0.25, 0.3) is 0 Å². The molecule has 0 radical (unpaired) electrons. The van der Waals surface area contributed by atoms with Crippen molar-refractivity contribution in [2.24, 2.45) is 28.6 Å². The second-order valence-electron chi connectivity index (χ2n) is 12.8. The summed E-state index contributed by atoms with van der Waals surface area (Å²) in [6, 6.07) is 0. The molecule has 0 spiro atoms. The number of nitrogens with one attached hydrogen (secondary N) is 1. The highest BCUT2D eigenvalue weighted by molar-refractivity contribution is 5.94. The van der Waals surface area contributed by atoms with Crippen molar-refractivity contribution in [2.45, 2.75) is 104 Å². The molecule has 3 rings (SSSR count). The van der Waals surface area contributed by atoms with E-state index in [2.05, 4.69) is 46.2 Å². The van der Waals surface area contributed by atoms with Gasteiger partial charge in [-0.05, 0) is 37.0 Å². The molecular formula is C32H48FNO10. The first-order valence-electron chi connectivity index (χ1n) is 15.3. The predicted molar refractivity (Wildman–Crippen MR) is 157 cm³/mol. The highest BCUT2D eigenvalue weighted by atomic mass is 19.1. The van der Waals surface area contributed by atoms with E-state index in [9.17, 15) is 19.2 Å². The molecule has 0 aromatic heterocycles. The number of ether oxygens (including phenoxy) is 6. The molecule has 11 nitrogen and oxygen atoms in total. The van der Waals surface area contributed by atoms with Crippen molar-refractivity contribution in [3.63, 3.8) is 0 Å². The van der Waals surface area contributed by atoms with Crippen molar-refractivity contribution >= 4 is 24.2 Å². The predicted octanol–water partition coefficient (Wildman–Crippen LogP) is 5.41. The van der Waals surface area contributed by atoms with E-state index < -0.39 is 65.7 Å². The summed E-state index contributed by atoms with van der Waals surface area (Å²) >= 11 is 0. The molecule has 3 aliphatic rings. The van der Waals surface area contributed by atoms with E-state index in [0.29, 0.717) is 12.8 Å². The normalized spacial score (nSPS) is 35.4. The zero-order chi connectivity index (χ0) is 33.1. The van der Waals surface area contributed by atoms with Crippen LogP contribution in [0, 0.1) is 28.6 Å². The van der Waals surface area contributed by atoms with Crippen LogP contribution in [-0.2, 0) is 38.0 Å². The Balaban J connectivity index is 1.85. The molecule has 12 heteroatoms. The first-order valence-corrected chi connectivity index (χ1v) is 15.3. The first kappa shape index (κ1) is 35.3. The van der Waals surface area contributed by atoms with E-state index in [-0.39, 0.29) is 43.0 Å². The maximum Gasteiger partial charge on any atom is 0.511 e. The van der Waals surface area contributed by atoms with E-state index in [0.717, 1.165) is 6.42 Å². The lowest BCUT2D eigenvalue weighted by molar-refractivity contribution is -0.186. The van der Waals surface area contributed by atoms with Gasteiger partial charge in [0.05, 0.1) is 6.10 Å². The van der Waals surface area contributed by atoms with Crippen molar-refractivity contribution in [1.29, 1.82) is 0 Å². The second kappa shape index (κ2) is 13.5. The number of fused-ring (bicyclic) bond motifs is 1. The summed E-state index contributed by atoms with van der Waals surface area (Å²) < 4.78 is 48.8. The molecule has 3 saturated carbocycles. The molecule has 1 amide bonds. The van der Waals surface area contributed by atoms with Crippen LogP contribution >= 0.6 is 0 Å². The number of rotatable bonds is 14. The Hall–Kier alpha value is -3.15. The molecule has 9 atom stereocenters. The number of alkyl halides is 1. The number of hydrogen-bond donors (Lipinski definition) is 1. The number of esters is 2. The summed E-state index contributed by atoms with van der Waals surface area (Å²) in [5.74, 6) is -4.49. The molecule has 1 N–H and O–H groups in total. The fourth-order valence-electron chi connectivity index (χ4n) is 7.06. The third-order valence-electron chi connectivity index (χ3n) is 10.4. The Morgan fingerprint density at radius 1 is 0.977 bits per heavy atom. The van der Waals surface area contributed by atoms with Gasteiger partial charge in [0, 0.05) is 30.8 Å². The summed E-state index contributed by atoms with van der Waals surface area (Å²) in [6.45, 7) is 20.3. The molecule has 0 aromatic carbocycles. The molecule has 0 heterocycles. The number of hydrogen-bond acceptors (Lipinski definition) is 10. The number of carbonyl (C=O) groups is 4. The molecule has 3 fully saturated rings. The van der Waals surface area contributed by atoms with Crippen LogP contribution in [0.3, 0.4) is 0 Å². The quantitative estimate of drug-likeness (QED) is 0.115. The molecule has 0 aromatic rings. The van der Waals surface area contributed by atoms with Crippen LogP contribution in [0.15, 0.2) is 25.3 Å². The van der Waals surface area contributed by atoms with Gasteiger partial charge in [0.25, 0.3) is 0 Å². The van der Waals surface area contributed by atoms with Gasteiger partial charge >= 0.3 is 24.2 Å². The zero-order valence-electron chi connectivity index (χ0n) is 26.9. The van der Waals surface area contributed by atoms with E-state index in [1.807, 2.05) is 13.8 Å². The largest absolute Gasteiger partial charge is 0.511 e. The van der Waals surface area contributed by atoms with Crippen LogP contribution in [0.5, 0.6) is 0 Å². The average Bonchev–Trinajstić information content (AvgIpc) is 3.35. The highest BCUT2D eigenvalue weighted by Gasteiger charge is 2.87. The maximum absolute atomic E-state index is 16.3. The summed E-state index contributed by atoms with van der Waals surface area (Å²) in [5, 5.41) is 2.45. The Kier molecular flexibility index (Phi) is 10.8. The van der Waals surface area contributed by atoms with Gasteiger partial charge in [0.15, 0.2) is 5.54 Å². The van der Waals surface area contributed by atoms with Gasteiger partial charge in [0.2, 0.25) is 12.0 Å². The van der Waals surface area contributed by atoms with Crippen LogP contribution in [0.2, 0.25) is 0 Å². The van der Waals surface area contributed by atoms with Crippen molar-refractivity contribution in [1.82, 2.24) is 5.32 Å². The Bertz CT molecular complexity index is 1130. The molecule has 0 saturated heterocycles. The number of halogens is 1. The van der Waals surface area contributed by atoms with E-state index in [1.165, 1.54) is 19.1 Å². The molecule has 248 valence electrons. The SMILES string of the molecule is C=CCOC(=O)N[C@@]1(C(=O)OC(C)OC(=O)O[C@H]2C[C@@H](C)C(C)(C)[C@@]2(C)CC)[C@H](OCCC)C[C@@H]2[C@H]1[C@@]2(F)C(=O)OCC=C. The molecule has 3 aliphatic carbocycles. The number of amides is 1. The molecule has 0 bridgehead atoms. The first-order chi connectivity index (χ1) is 20.6. The number of carbonyl (C=O) groups excluding carboxylic acids is 4. The van der Waals surface area contributed by atoms with Gasteiger partial charge in [-0.3, -0.25) is 0 Å². The van der Waals surface area contributed by atoms with Crippen LogP contribution in [0.1, 0.15) is 74.1 Å². The van der Waals surface area contributed by atoms with Crippen LogP contribution in [0.4, 0.5) is 14.0 Å². The third kappa shape index (κ3) is 6.06. The summed E-state index contributed by atoms with van der Waals surface area (Å²) in [4.78, 5) is 52.5. The van der Waals surface area contributed by atoms with Crippen LogP contribution < -0.4 is 5.32 Å². The minimum Gasteiger partial charge on any atom is -0.459 e. The molecule has 1 unspecified atom stereocenters. The standard InChI is InChI=1S/C32H48FNO10/c1-10-14-39-23-18-21-24(31(21,33)25(35)40-15-11-2)32(23,34-27(37)41-16-12-3)26(36)42-20(6)43-28(38)44-22-17-19(5)29(7,8)30(22,9)13-4/h11-12,19-24H,2-3,10,13-18H2,1,4-9H3,(H,34,37)/t19-,20?,21-,22+,23-,24+,30+,31-,32+/m1/s1. The summed E-state index contributed by atoms with van der Waals surface area (Å²) in [7, 11) is 0. The minimum absolute atomic E-state index is 0.0935. The Labute approximate surface area is 259 Å². The second-order valence-corrected chi connectivity index (χ2v) is 12.8. The molecule has 44 heavy (non-hydrogen) atoms. The summed E-state index contributed by atoms with van der Waals surface area (Å²) in [6.07, 6.45) is -0.647. The fraction of sp³-hybridized carbons (Fsp3) is 0.750. The van der Waals surface area contributed by atoms with Crippen molar-refractivity contribution < 1.29 is 52.0 Å². The molecule has 0 aliphatic heterocycles. The van der Waals surface area contributed by atoms with E-state index in [1.54, 1.807) is 0 Å². The highest BCUT2D eigenvalue weighted by Crippen LogP contribution is 2.68. The average molecular weight is 626 g/mol.